The first kappa shape index (κ1) is 20.1. The van der Waals surface area contributed by atoms with E-state index in [0.717, 1.165) is 6.42 Å². The van der Waals surface area contributed by atoms with E-state index in [0.29, 0.717) is 28.7 Å². The molecule has 0 saturated carbocycles. The zero-order valence-corrected chi connectivity index (χ0v) is 16.8. The van der Waals surface area contributed by atoms with Crippen molar-refractivity contribution in [2.75, 3.05) is 11.9 Å². The van der Waals surface area contributed by atoms with Crippen molar-refractivity contribution >= 4 is 34.8 Å². The third-order valence-electron chi connectivity index (χ3n) is 4.97. The highest BCUT2D eigenvalue weighted by Crippen LogP contribution is 2.38. The molecule has 27 heavy (non-hydrogen) atoms. The summed E-state index contributed by atoms with van der Waals surface area (Å²) in [5.41, 5.74) is 1.11. The maximum atomic E-state index is 14.7. The molecular weight excluding hydrogens is 386 g/mol. The minimum absolute atomic E-state index is 0.0347. The molecule has 1 aliphatic rings. The lowest BCUT2D eigenvalue weighted by atomic mass is 9.81. The topological polar surface area (TPSA) is 41.1 Å². The van der Waals surface area contributed by atoms with Gasteiger partial charge in [0.05, 0.1) is 10.9 Å². The molecule has 2 N–H and O–H groups in total. The van der Waals surface area contributed by atoms with Crippen molar-refractivity contribution in [3.63, 3.8) is 0 Å². The molecule has 3 atom stereocenters. The van der Waals surface area contributed by atoms with Crippen molar-refractivity contribution in [1.82, 2.24) is 5.32 Å². The molecule has 3 unspecified atom stereocenters. The Morgan fingerprint density at radius 1 is 1.26 bits per heavy atom. The van der Waals surface area contributed by atoms with Gasteiger partial charge < -0.3 is 10.6 Å². The van der Waals surface area contributed by atoms with Crippen LogP contribution in [-0.4, -0.2) is 18.5 Å². The van der Waals surface area contributed by atoms with Crippen molar-refractivity contribution in [2.24, 2.45) is 11.8 Å². The van der Waals surface area contributed by atoms with Crippen molar-refractivity contribution in [3.05, 3.63) is 63.9 Å². The van der Waals surface area contributed by atoms with Crippen LogP contribution in [-0.2, 0) is 4.79 Å². The number of carbonyl (C=O) groups is 1. The van der Waals surface area contributed by atoms with E-state index in [1.807, 2.05) is 0 Å². The Labute approximate surface area is 169 Å². The number of carbonyl (C=O) groups excluding carboxylic acids is 1. The summed E-state index contributed by atoms with van der Waals surface area (Å²) in [6, 6.07) is 12.0. The number of hydrogen-bond donors (Lipinski definition) is 2. The molecular formula is C21H23Cl2FN2O. The van der Waals surface area contributed by atoms with Gasteiger partial charge in [-0.1, -0.05) is 55.2 Å². The summed E-state index contributed by atoms with van der Waals surface area (Å²) in [7, 11) is 0. The van der Waals surface area contributed by atoms with Crippen LogP contribution in [0.5, 0.6) is 0 Å². The minimum atomic E-state index is -0.447. The lowest BCUT2D eigenvalue weighted by molar-refractivity contribution is -0.120. The van der Waals surface area contributed by atoms with Gasteiger partial charge in [-0.05, 0) is 42.2 Å². The summed E-state index contributed by atoms with van der Waals surface area (Å²) in [6.07, 6.45) is 0.826. The first-order chi connectivity index (χ1) is 12.9. The fraction of sp³-hybridized carbons (Fsp3) is 0.381. The van der Waals surface area contributed by atoms with Gasteiger partial charge in [0.25, 0.3) is 0 Å². The number of rotatable bonds is 5. The first-order valence-electron chi connectivity index (χ1n) is 9.10. The third-order valence-corrected chi connectivity index (χ3v) is 5.50. The van der Waals surface area contributed by atoms with Gasteiger partial charge in [-0.2, -0.15) is 0 Å². The van der Waals surface area contributed by atoms with E-state index in [2.05, 4.69) is 24.5 Å². The molecule has 1 heterocycles. The molecule has 0 spiro atoms. The van der Waals surface area contributed by atoms with Crippen LogP contribution in [0.4, 0.5) is 10.1 Å². The molecule has 2 aromatic carbocycles. The molecule has 0 aliphatic carbocycles. The Kier molecular flexibility index (Phi) is 6.40. The summed E-state index contributed by atoms with van der Waals surface area (Å²) in [4.78, 5) is 13.1. The van der Waals surface area contributed by atoms with Gasteiger partial charge in [0.15, 0.2) is 0 Å². The summed E-state index contributed by atoms with van der Waals surface area (Å²) in [6.45, 7) is 4.75. The van der Waals surface area contributed by atoms with Crippen LogP contribution in [0.1, 0.15) is 31.7 Å². The van der Waals surface area contributed by atoms with Crippen LogP contribution >= 0.6 is 23.2 Å². The van der Waals surface area contributed by atoms with Crippen molar-refractivity contribution in [1.29, 1.82) is 0 Å². The molecule has 1 aliphatic heterocycles. The van der Waals surface area contributed by atoms with E-state index < -0.39 is 11.7 Å². The van der Waals surface area contributed by atoms with E-state index in [1.165, 1.54) is 6.07 Å². The number of amides is 1. The van der Waals surface area contributed by atoms with Gasteiger partial charge in [0.2, 0.25) is 5.91 Å². The SMILES string of the molecule is CC(C)CC1NCC(c2cccc(Cl)c2F)C1C(=O)Nc1cccc(Cl)c1. The molecule has 2 aromatic rings. The van der Waals surface area contributed by atoms with Gasteiger partial charge in [-0.3, -0.25) is 4.79 Å². The van der Waals surface area contributed by atoms with Crippen LogP contribution in [0.25, 0.3) is 0 Å². The monoisotopic (exact) mass is 408 g/mol. The van der Waals surface area contributed by atoms with Gasteiger partial charge in [0.1, 0.15) is 5.82 Å². The molecule has 1 fully saturated rings. The smallest absolute Gasteiger partial charge is 0.229 e. The average Bonchev–Trinajstić information content (AvgIpc) is 3.00. The van der Waals surface area contributed by atoms with Crippen molar-refractivity contribution in [3.8, 4) is 0 Å². The van der Waals surface area contributed by atoms with Gasteiger partial charge in [0, 0.05) is 29.2 Å². The first-order valence-corrected chi connectivity index (χ1v) is 9.86. The van der Waals surface area contributed by atoms with Crippen molar-refractivity contribution < 1.29 is 9.18 Å². The lowest BCUT2D eigenvalue weighted by Crippen LogP contribution is -2.37. The Bertz CT molecular complexity index is 828. The Balaban J connectivity index is 1.91. The van der Waals surface area contributed by atoms with E-state index in [1.54, 1.807) is 36.4 Å². The van der Waals surface area contributed by atoms with Gasteiger partial charge in [-0.25, -0.2) is 4.39 Å². The van der Waals surface area contributed by atoms with Crippen LogP contribution in [0.15, 0.2) is 42.5 Å². The highest BCUT2D eigenvalue weighted by atomic mass is 35.5. The second-order valence-corrected chi connectivity index (χ2v) is 8.26. The number of anilines is 1. The molecule has 144 valence electrons. The molecule has 3 nitrogen and oxygen atoms in total. The van der Waals surface area contributed by atoms with Crippen molar-refractivity contribution in [2.45, 2.75) is 32.2 Å². The largest absolute Gasteiger partial charge is 0.326 e. The zero-order chi connectivity index (χ0) is 19.6. The Morgan fingerprint density at radius 3 is 2.70 bits per heavy atom. The van der Waals surface area contributed by atoms with E-state index >= 15 is 0 Å². The minimum Gasteiger partial charge on any atom is -0.326 e. The predicted molar refractivity (Wildman–Crippen MR) is 109 cm³/mol. The average molecular weight is 409 g/mol. The number of nitrogens with one attached hydrogen (secondary N) is 2. The van der Waals surface area contributed by atoms with Crippen LogP contribution < -0.4 is 10.6 Å². The number of benzene rings is 2. The molecule has 0 radical (unpaired) electrons. The summed E-state index contributed by atoms with van der Waals surface area (Å²) in [5, 5.41) is 6.98. The van der Waals surface area contributed by atoms with E-state index in [-0.39, 0.29) is 22.9 Å². The standard InChI is InChI=1S/C21H23Cl2FN2O/c1-12(2)9-18-19(21(27)26-14-6-3-5-13(22)10-14)16(11-25-18)15-7-4-8-17(23)20(15)24/h3-8,10,12,16,18-19,25H,9,11H2,1-2H3,(H,26,27). The van der Waals surface area contributed by atoms with E-state index in [4.69, 9.17) is 23.2 Å². The highest BCUT2D eigenvalue weighted by Gasteiger charge is 2.42. The van der Waals surface area contributed by atoms with Crippen LogP contribution in [0.2, 0.25) is 10.0 Å². The summed E-state index contributed by atoms with van der Waals surface area (Å²) in [5.74, 6) is -0.869. The maximum absolute atomic E-state index is 14.7. The highest BCUT2D eigenvalue weighted by molar-refractivity contribution is 6.31. The molecule has 0 aromatic heterocycles. The van der Waals surface area contributed by atoms with E-state index in [9.17, 15) is 9.18 Å². The molecule has 1 saturated heterocycles. The van der Waals surface area contributed by atoms with Crippen LogP contribution in [0, 0.1) is 17.7 Å². The second-order valence-electron chi connectivity index (χ2n) is 7.42. The number of hydrogen-bond acceptors (Lipinski definition) is 2. The lowest BCUT2D eigenvalue weighted by Gasteiger charge is -2.25. The Morgan fingerprint density at radius 2 is 2.00 bits per heavy atom. The zero-order valence-electron chi connectivity index (χ0n) is 15.3. The number of halogens is 3. The Hall–Kier alpha value is -1.62. The van der Waals surface area contributed by atoms with Gasteiger partial charge in [-0.15, -0.1) is 0 Å². The molecule has 6 heteroatoms. The molecule has 1 amide bonds. The fourth-order valence-corrected chi connectivity index (χ4v) is 4.19. The summed E-state index contributed by atoms with van der Waals surface area (Å²) < 4.78 is 14.7. The van der Waals surface area contributed by atoms with Gasteiger partial charge >= 0.3 is 0 Å². The van der Waals surface area contributed by atoms with Crippen LogP contribution in [0.3, 0.4) is 0 Å². The fourth-order valence-electron chi connectivity index (χ4n) is 3.82. The maximum Gasteiger partial charge on any atom is 0.229 e. The third kappa shape index (κ3) is 4.63. The second kappa shape index (κ2) is 8.59. The summed E-state index contributed by atoms with van der Waals surface area (Å²) >= 11 is 12.0. The molecule has 3 rings (SSSR count). The normalized spacial score (nSPS) is 22.2. The quantitative estimate of drug-likeness (QED) is 0.686. The molecule has 0 bridgehead atoms. The predicted octanol–water partition coefficient (Wildman–Crippen LogP) is 5.49.